The summed E-state index contributed by atoms with van der Waals surface area (Å²) in [5, 5.41) is 0. The highest BCUT2D eigenvalue weighted by Crippen LogP contribution is 2.37. The molecule has 0 aliphatic carbocycles. The lowest BCUT2D eigenvalue weighted by Crippen LogP contribution is -2.41. The molecule has 0 bridgehead atoms. The predicted molar refractivity (Wildman–Crippen MR) is 76.3 cm³/mol. The molecular formula is C15H20BFO2. The Kier molecular flexibility index (Phi) is 3.58. The number of aryl methyl sites for hydroxylation is 1. The van der Waals surface area contributed by atoms with Gasteiger partial charge in [-0.25, -0.2) is 4.39 Å². The Bertz CT molecular complexity index is 493. The summed E-state index contributed by atoms with van der Waals surface area (Å²) in [7, 11) is -0.439. The van der Waals surface area contributed by atoms with Gasteiger partial charge in [0.1, 0.15) is 5.82 Å². The third-order valence-electron chi connectivity index (χ3n) is 3.86. The quantitative estimate of drug-likeness (QED) is 0.755. The van der Waals surface area contributed by atoms with Gasteiger partial charge in [-0.3, -0.25) is 0 Å². The van der Waals surface area contributed by atoms with E-state index in [9.17, 15) is 4.39 Å². The molecule has 0 radical (unpaired) electrons. The van der Waals surface area contributed by atoms with Gasteiger partial charge in [0.15, 0.2) is 0 Å². The molecule has 0 saturated carbocycles. The highest BCUT2D eigenvalue weighted by Gasteiger charge is 2.49. The molecule has 4 heteroatoms. The standard InChI is InChI=1S/C15H20BFO2/c1-11-6-7-12(13(17)10-11)8-9-16-18-14(2,3)15(4,5)19-16/h6-10H,1-5H3/b9-8+. The number of halogens is 1. The molecule has 19 heavy (non-hydrogen) atoms. The zero-order chi connectivity index (χ0) is 14.3. The van der Waals surface area contributed by atoms with Gasteiger partial charge in [-0.15, -0.1) is 0 Å². The molecule has 1 aliphatic rings. The summed E-state index contributed by atoms with van der Waals surface area (Å²) in [6.45, 7) is 9.84. The van der Waals surface area contributed by atoms with Crippen LogP contribution in [0.1, 0.15) is 38.8 Å². The molecule has 102 valence electrons. The Morgan fingerprint density at radius 3 is 2.21 bits per heavy atom. The second-order valence-corrected chi connectivity index (χ2v) is 6.01. The van der Waals surface area contributed by atoms with Crippen molar-refractivity contribution in [1.29, 1.82) is 0 Å². The zero-order valence-electron chi connectivity index (χ0n) is 12.2. The Hall–Kier alpha value is -1.13. The highest BCUT2D eigenvalue weighted by atomic mass is 19.1. The van der Waals surface area contributed by atoms with Gasteiger partial charge in [-0.2, -0.15) is 0 Å². The first-order chi connectivity index (χ1) is 8.71. The number of hydrogen-bond acceptors (Lipinski definition) is 2. The lowest BCUT2D eigenvalue weighted by atomic mass is 9.89. The molecular weight excluding hydrogens is 242 g/mol. The Morgan fingerprint density at radius 2 is 1.68 bits per heavy atom. The smallest absolute Gasteiger partial charge is 0.400 e. The first-order valence-electron chi connectivity index (χ1n) is 6.51. The van der Waals surface area contributed by atoms with E-state index in [4.69, 9.17) is 9.31 Å². The van der Waals surface area contributed by atoms with Crippen LogP contribution in [0.3, 0.4) is 0 Å². The first-order valence-corrected chi connectivity index (χ1v) is 6.51. The third kappa shape index (κ3) is 2.90. The number of hydrogen-bond donors (Lipinski definition) is 0. The maximum absolute atomic E-state index is 13.7. The van der Waals surface area contributed by atoms with Crippen molar-refractivity contribution in [2.45, 2.75) is 45.8 Å². The largest absolute Gasteiger partial charge is 0.487 e. The van der Waals surface area contributed by atoms with E-state index in [0.29, 0.717) is 5.56 Å². The van der Waals surface area contributed by atoms with Crippen molar-refractivity contribution in [3.05, 3.63) is 41.1 Å². The van der Waals surface area contributed by atoms with Gasteiger partial charge in [0.2, 0.25) is 0 Å². The van der Waals surface area contributed by atoms with Crippen molar-refractivity contribution >= 4 is 13.2 Å². The summed E-state index contributed by atoms with van der Waals surface area (Å²) in [5.74, 6) is 1.53. The van der Waals surface area contributed by atoms with Crippen molar-refractivity contribution in [2.75, 3.05) is 0 Å². The van der Waals surface area contributed by atoms with E-state index in [0.717, 1.165) is 5.56 Å². The summed E-state index contributed by atoms with van der Waals surface area (Å²) in [5.41, 5.74) is 0.715. The van der Waals surface area contributed by atoms with Gasteiger partial charge in [0.05, 0.1) is 11.2 Å². The van der Waals surface area contributed by atoms with Crippen molar-refractivity contribution < 1.29 is 13.7 Å². The summed E-state index contributed by atoms with van der Waals surface area (Å²) in [6, 6.07) is 5.16. The van der Waals surface area contributed by atoms with Crippen LogP contribution in [0.4, 0.5) is 4.39 Å². The molecule has 1 heterocycles. The molecule has 1 aromatic carbocycles. The number of rotatable bonds is 2. The van der Waals surface area contributed by atoms with Crippen LogP contribution in [0, 0.1) is 12.7 Å². The first kappa shape index (κ1) is 14.3. The Labute approximate surface area is 114 Å². The van der Waals surface area contributed by atoms with E-state index >= 15 is 0 Å². The van der Waals surface area contributed by atoms with Crippen LogP contribution in [0.5, 0.6) is 0 Å². The molecule has 0 N–H and O–H groups in total. The monoisotopic (exact) mass is 262 g/mol. The second kappa shape index (κ2) is 4.76. The molecule has 0 atom stereocenters. The molecule has 1 saturated heterocycles. The summed E-state index contributed by atoms with van der Waals surface area (Å²) in [6.07, 6.45) is 1.71. The fourth-order valence-electron chi connectivity index (χ4n) is 1.92. The SMILES string of the molecule is Cc1ccc(/C=C/B2OC(C)(C)C(C)(C)O2)c(F)c1. The van der Waals surface area contributed by atoms with Crippen LogP contribution in [-0.2, 0) is 9.31 Å². The van der Waals surface area contributed by atoms with Gasteiger partial charge in [-0.1, -0.05) is 24.2 Å². The van der Waals surface area contributed by atoms with E-state index in [1.165, 1.54) is 6.07 Å². The lowest BCUT2D eigenvalue weighted by molar-refractivity contribution is 0.00578. The summed E-state index contributed by atoms with van der Waals surface area (Å²) in [4.78, 5) is 0. The van der Waals surface area contributed by atoms with Crippen molar-refractivity contribution in [3.63, 3.8) is 0 Å². The second-order valence-electron chi connectivity index (χ2n) is 6.01. The maximum atomic E-state index is 13.7. The van der Waals surface area contributed by atoms with Crippen molar-refractivity contribution in [3.8, 4) is 0 Å². The van der Waals surface area contributed by atoms with Gasteiger partial charge in [-0.05, 0) is 46.2 Å². The van der Waals surface area contributed by atoms with E-state index in [1.807, 2.05) is 40.7 Å². The van der Waals surface area contributed by atoms with E-state index in [-0.39, 0.29) is 17.0 Å². The molecule has 1 aromatic rings. The molecule has 0 spiro atoms. The molecule has 2 nitrogen and oxygen atoms in total. The Morgan fingerprint density at radius 1 is 1.11 bits per heavy atom. The van der Waals surface area contributed by atoms with Crippen LogP contribution >= 0.6 is 0 Å². The average Bonchev–Trinajstić information content (AvgIpc) is 2.46. The minimum Gasteiger partial charge on any atom is -0.400 e. The van der Waals surface area contributed by atoms with Crippen LogP contribution < -0.4 is 0 Å². The average molecular weight is 262 g/mol. The van der Waals surface area contributed by atoms with Crippen LogP contribution in [0.25, 0.3) is 6.08 Å². The fourth-order valence-corrected chi connectivity index (χ4v) is 1.92. The van der Waals surface area contributed by atoms with E-state index in [2.05, 4.69) is 0 Å². The normalized spacial score (nSPS) is 21.3. The van der Waals surface area contributed by atoms with E-state index < -0.39 is 7.12 Å². The molecule has 1 aliphatic heterocycles. The van der Waals surface area contributed by atoms with Crippen LogP contribution in [0.15, 0.2) is 24.2 Å². The summed E-state index contributed by atoms with van der Waals surface area (Å²) >= 11 is 0. The molecule has 0 aromatic heterocycles. The van der Waals surface area contributed by atoms with Gasteiger partial charge >= 0.3 is 7.12 Å². The van der Waals surface area contributed by atoms with Gasteiger partial charge in [0, 0.05) is 5.56 Å². The topological polar surface area (TPSA) is 18.5 Å². The third-order valence-corrected chi connectivity index (χ3v) is 3.86. The molecule has 2 rings (SSSR count). The predicted octanol–water partition coefficient (Wildman–Crippen LogP) is 3.78. The highest BCUT2D eigenvalue weighted by molar-refractivity contribution is 6.52. The maximum Gasteiger partial charge on any atom is 0.487 e. The van der Waals surface area contributed by atoms with Crippen LogP contribution in [-0.4, -0.2) is 18.3 Å². The molecule has 0 amide bonds. The minimum absolute atomic E-state index is 0.229. The lowest BCUT2D eigenvalue weighted by Gasteiger charge is -2.32. The van der Waals surface area contributed by atoms with Crippen LogP contribution in [0.2, 0.25) is 0 Å². The summed E-state index contributed by atoms with van der Waals surface area (Å²) < 4.78 is 25.3. The molecule has 0 unspecified atom stereocenters. The minimum atomic E-state index is -0.439. The Balaban J connectivity index is 2.13. The van der Waals surface area contributed by atoms with Crippen molar-refractivity contribution in [2.24, 2.45) is 0 Å². The van der Waals surface area contributed by atoms with Gasteiger partial charge in [0.25, 0.3) is 0 Å². The fraction of sp³-hybridized carbons (Fsp3) is 0.467. The van der Waals surface area contributed by atoms with Crippen molar-refractivity contribution in [1.82, 2.24) is 0 Å². The zero-order valence-corrected chi connectivity index (χ0v) is 12.2. The van der Waals surface area contributed by atoms with Gasteiger partial charge < -0.3 is 9.31 Å². The van der Waals surface area contributed by atoms with E-state index in [1.54, 1.807) is 18.1 Å². The number of benzene rings is 1. The molecule has 1 fully saturated rings.